The lowest BCUT2D eigenvalue weighted by Gasteiger charge is -2.07. The highest BCUT2D eigenvalue weighted by molar-refractivity contribution is 5.96. The number of nitrogens with two attached hydrogens (primary N) is 1. The Morgan fingerprint density at radius 3 is 2.47 bits per heavy atom. The van der Waals surface area contributed by atoms with Crippen molar-refractivity contribution < 1.29 is 9.59 Å². The SMILES string of the molecule is Cc1ccc(C(=O)NNC(N)=O)c(C)n1. The molecule has 80 valence electrons. The Kier molecular flexibility index (Phi) is 3.22. The number of urea groups is 1. The average Bonchev–Trinajstić information content (AvgIpc) is 2.14. The molecule has 0 fully saturated rings. The summed E-state index contributed by atoms with van der Waals surface area (Å²) in [6.45, 7) is 3.54. The van der Waals surface area contributed by atoms with Gasteiger partial charge in [0.1, 0.15) is 0 Å². The highest BCUT2D eigenvalue weighted by Gasteiger charge is 2.09. The van der Waals surface area contributed by atoms with Gasteiger partial charge in [0.05, 0.1) is 11.3 Å². The average molecular weight is 208 g/mol. The van der Waals surface area contributed by atoms with Crippen molar-refractivity contribution in [1.82, 2.24) is 15.8 Å². The van der Waals surface area contributed by atoms with Crippen molar-refractivity contribution in [3.63, 3.8) is 0 Å². The zero-order valence-corrected chi connectivity index (χ0v) is 8.50. The van der Waals surface area contributed by atoms with Gasteiger partial charge in [0.15, 0.2) is 0 Å². The minimum atomic E-state index is -0.818. The molecule has 3 amide bonds. The van der Waals surface area contributed by atoms with E-state index in [4.69, 9.17) is 5.73 Å². The minimum absolute atomic E-state index is 0.398. The molecule has 0 atom stereocenters. The maximum Gasteiger partial charge on any atom is 0.330 e. The van der Waals surface area contributed by atoms with Gasteiger partial charge in [0.25, 0.3) is 5.91 Å². The van der Waals surface area contributed by atoms with Crippen molar-refractivity contribution in [3.8, 4) is 0 Å². The second-order valence-electron chi connectivity index (χ2n) is 3.03. The van der Waals surface area contributed by atoms with Crippen molar-refractivity contribution >= 4 is 11.9 Å². The normalized spacial score (nSPS) is 9.47. The van der Waals surface area contributed by atoms with Crippen LogP contribution in [0.25, 0.3) is 0 Å². The molecular weight excluding hydrogens is 196 g/mol. The van der Waals surface area contributed by atoms with E-state index in [1.54, 1.807) is 19.1 Å². The number of carbonyl (C=O) groups excluding carboxylic acids is 2. The van der Waals surface area contributed by atoms with E-state index in [2.05, 4.69) is 10.4 Å². The van der Waals surface area contributed by atoms with E-state index in [-0.39, 0.29) is 0 Å². The van der Waals surface area contributed by atoms with Gasteiger partial charge in [-0.15, -0.1) is 0 Å². The number of nitrogens with zero attached hydrogens (tertiary/aromatic N) is 1. The predicted octanol–water partition coefficient (Wildman–Crippen LogP) is 0.0115. The number of aryl methyl sites for hydroxylation is 2. The molecular formula is C9H12N4O2. The lowest BCUT2D eigenvalue weighted by molar-refractivity contribution is 0.0936. The molecule has 4 N–H and O–H groups in total. The van der Waals surface area contributed by atoms with Crippen LogP contribution in [0, 0.1) is 13.8 Å². The second-order valence-corrected chi connectivity index (χ2v) is 3.03. The summed E-state index contributed by atoms with van der Waals surface area (Å²) < 4.78 is 0. The molecule has 1 aromatic rings. The summed E-state index contributed by atoms with van der Waals surface area (Å²) in [5.41, 5.74) is 10.8. The van der Waals surface area contributed by atoms with Crippen LogP contribution < -0.4 is 16.6 Å². The number of primary amides is 1. The number of aromatic nitrogens is 1. The summed E-state index contributed by atoms with van der Waals surface area (Å²) in [4.78, 5) is 25.9. The van der Waals surface area contributed by atoms with Crippen LogP contribution in [0.1, 0.15) is 21.7 Å². The molecule has 0 spiro atoms. The summed E-state index contributed by atoms with van der Waals surface area (Å²) in [6, 6.07) is 2.53. The maximum absolute atomic E-state index is 11.5. The number of rotatable bonds is 1. The van der Waals surface area contributed by atoms with Crippen molar-refractivity contribution in [2.24, 2.45) is 5.73 Å². The summed E-state index contributed by atoms with van der Waals surface area (Å²) in [7, 11) is 0. The van der Waals surface area contributed by atoms with Gasteiger partial charge in [-0.05, 0) is 26.0 Å². The fraction of sp³-hybridized carbons (Fsp3) is 0.222. The van der Waals surface area contributed by atoms with Gasteiger partial charge >= 0.3 is 6.03 Å². The van der Waals surface area contributed by atoms with Crippen molar-refractivity contribution in [1.29, 1.82) is 0 Å². The predicted molar refractivity (Wildman–Crippen MR) is 53.9 cm³/mol. The van der Waals surface area contributed by atoms with Crippen LogP contribution in [0.3, 0.4) is 0 Å². The number of carbonyl (C=O) groups is 2. The second kappa shape index (κ2) is 4.41. The first kappa shape index (κ1) is 11.0. The van der Waals surface area contributed by atoms with E-state index in [9.17, 15) is 9.59 Å². The Balaban J connectivity index is 2.78. The Hall–Kier alpha value is -2.11. The smallest absolute Gasteiger partial charge is 0.330 e. The highest BCUT2D eigenvalue weighted by Crippen LogP contribution is 2.05. The van der Waals surface area contributed by atoms with Crippen LogP contribution in [0.5, 0.6) is 0 Å². The summed E-state index contributed by atoms with van der Waals surface area (Å²) >= 11 is 0. The molecule has 0 aliphatic carbocycles. The van der Waals surface area contributed by atoms with Crippen LogP contribution in [0.4, 0.5) is 4.79 Å². The van der Waals surface area contributed by atoms with Crippen molar-refractivity contribution in [2.45, 2.75) is 13.8 Å². The number of nitrogens with one attached hydrogen (secondary N) is 2. The molecule has 0 aliphatic rings. The topological polar surface area (TPSA) is 97.1 Å². The molecule has 1 rings (SSSR count). The fourth-order valence-corrected chi connectivity index (χ4v) is 1.11. The molecule has 0 saturated heterocycles. The third kappa shape index (κ3) is 2.94. The van der Waals surface area contributed by atoms with Crippen LogP contribution in [-0.4, -0.2) is 16.9 Å². The Morgan fingerprint density at radius 1 is 1.27 bits per heavy atom. The number of hydrogen-bond donors (Lipinski definition) is 3. The molecule has 6 nitrogen and oxygen atoms in total. The van der Waals surface area contributed by atoms with Crippen LogP contribution >= 0.6 is 0 Å². The van der Waals surface area contributed by atoms with Crippen LogP contribution in [0.2, 0.25) is 0 Å². The molecule has 0 bridgehead atoms. The minimum Gasteiger partial charge on any atom is -0.350 e. The molecule has 0 radical (unpaired) electrons. The molecule has 0 aromatic carbocycles. The van der Waals surface area contributed by atoms with Crippen LogP contribution in [0.15, 0.2) is 12.1 Å². The maximum atomic E-state index is 11.5. The van der Waals surface area contributed by atoms with Gasteiger partial charge in [-0.3, -0.25) is 15.2 Å². The first-order valence-corrected chi connectivity index (χ1v) is 4.30. The van der Waals surface area contributed by atoms with Crippen molar-refractivity contribution in [3.05, 3.63) is 29.1 Å². The van der Waals surface area contributed by atoms with Crippen LogP contribution in [-0.2, 0) is 0 Å². The molecule has 15 heavy (non-hydrogen) atoms. The van der Waals surface area contributed by atoms with E-state index < -0.39 is 11.9 Å². The van der Waals surface area contributed by atoms with E-state index >= 15 is 0 Å². The first-order chi connectivity index (χ1) is 7.00. The van der Waals surface area contributed by atoms with Gasteiger partial charge in [0, 0.05) is 5.69 Å². The molecule has 0 unspecified atom stereocenters. The third-order valence-electron chi connectivity index (χ3n) is 1.77. The number of pyridine rings is 1. The Morgan fingerprint density at radius 2 is 1.93 bits per heavy atom. The monoisotopic (exact) mass is 208 g/mol. The number of amides is 3. The summed E-state index contributed by atoms with van der Waals surface area (Å²) in [5.74, 6) is -0.446. The third-order valence-corrected chi connectivity index (χ3v) is 1.77. The fourth-order valence-electron chi connectivity index (χ4n) is 1.11. The van der Waals surface area contributed by atoms with Gasteiger partial charge in [-0.1, -0.05) is 0 Å². The number of hydrazine groups is 1. The number of hydrogen-bond acceptors (Lipinski definition) is 3. The summed E-state index contributed by atoms with van der Waals surface area (Å²) in [5, 5.41) is 0. The van der Waals surface area contributed by atoms with Gasteiger partial charge in [0.2, 0.25) is 0 Å². The largest absolute Gasteiger partial charge is 0.350 e. The molecule has 6 heteroatoms. The van der Waals surface area contributed by atoms with Gasteiger partial charge in [-0.2, -0.15) is 0 Å². The zero-order valence-electron chi connectivity index (χ0n) is 8.50. The van der Waals surface area contributed by atoms with Gasteiger partial charge in [-0.25, -0.2) is 10.2 Å². The van der Waals surface area contributed by atoms with Gasteiger partial charge < -0.3 is 5.73 Å². The zero-order chi connectivity index (χ0) is 11.4. The lowest BCUT2D eigenvalue weighted by atomic mass is 10.2. The van der Waals surface area contributed by atoms with E-state index in [0.717, 1.165) is 5.69 Å². The molecule has 0 aliphatic heterocycles. The Labute approximate surface area is 86.8 Å². The first-order valence-electron chi connectivity index (χ1n) is 4.30. The highest BCUT2D eigenvalue weighted by atomic mass is 16.2. The van der Waals surface area contributed by atoms with E-state index in [1.165, 1.54) is 0 Å². The molecule has 1 heterocycles. The van der Waals surface area contributed by atoms with E-state index in [0.29, 0.717) is 11.3 Å². The standard InChI is InChI=1S/C9H12N4O2/c1-5-3-4-7(6(2)11-5)8(14)12-13-9(10)15/h3-4H,1-2H3,(H,12,14)(H3,10,13,15). The lowest BCUT2D eigenvalue weighted by Crippen LogP contribution is -2.44. The van der Waals surface area contributed by atoms with E-state index in [1.807, 2.05) is 12.3 Å². The van der Waals surface area contributed by atoms with Crippen molar-refractivity contribution in [2.75, 3.05) is 0 Å². The quantitative estimate of drug-likeness (QED) is 0.567. The molecule has 1 aromatic heterocycles. The summed E-state index contributed by atoms with van der Waals surface area (Å²) in [6.07, 6.45) is 0. The Bertz CT molecular complexity index is 403. The molecule has 0 saturated carbocycles.